The van der Waals surface area contributed by atoms with E-state index in [0.717, 1.165) is 25.9 Å². The lowest BCUT2D eigenvalue weighted by molar-refractivity contribution is 0.402. The monoisotopic (exact) mass is 314 g/mol. The summed E-state index contributed by atoms with van der Waals surface area (Å²) < 4.78 is 40.6. The molecule has 0 aromatic heterocycles. The zero-order valence-electron chi connectivity index (χ0n) is 12.5. The summed E-state index contributed by atoms with van der Waals surface area (Å²) in [6.45, 7) is 5.13. The first-order valence-corrected chi connectivity index (χ1v) is 8.99. The van der Waals surface area contributed by atoms with Crippen LogP contribution in [0.4, 0.5) is 4.39 Å². The van der Waals surface area contributed by atoms with E-state index >= 15 is 0 Å². The molecule has 118 valence electrons. The van der Waals surface area contributed by atoms with Crippen molar-refractivity contribution in [1.82, 2.24) is 10.0 Å². The molecular formula is C15H23FN2O2S. The zero-order valence-corrected chi connectivity index (χ0v) is 13.3. The second kappa shape index (κ2) is 6.85. The highest BCUT2D eigenvalue weighted by molar-refractivity contribution is 7.89. The Morgan fingerprint density at radius 1 is 1.48 bits per heavy atom. The normalized spacial score (nSPS) is 21.2. The van der Waals surface area contributed by atoms with Crippen LogP contribution in [0.1, 0.15) is 36.9 Å². The number of halogens is 1. The number of aryl methyl sites for hydroxylation is 1. The highest BCUT2D eigenvalue weighted by Crippen LogP contribution is 2.18. The van der Waals surface area contributed by atoms with Crippen LogP contribution in [-0.2, 0) is 10.0 Å². The molecule has 0 bridgehead atoms. The lowest BCUT2D eigenvalue weighted by Crippen LogP contribution is -2.38. The number of hydrogen-bond donors (Lipinski definition) is 2. The van der Waals surface area contributed by atoms with E-state index in [-0.39, 0.29) is 17.5 Å². The fourth-order valence-electron chi connectivity index (χ4n) is 2.64. The van der Waals surface area contributed by atoms with Crippen molar-refractivity contribution in [3.8, 4) is 0 Å². The van der Waals surface area contributed by atoms with E-state index in [1.54, 1.807) is 26.0 Å². The predicted octanol–water partition coefficient (Wildman–Crippen LogP) is 2.11. The van der Waals surface area contributed by atoms with Gasteiger partial charge < -0.3 is 5.32 Å². The van der Waals surface area contributed by atoms with Crippen molar-refractivity contribution in [1.29, 1.82) is 0 Å². The Morgan fingerprint density at radius 3 is 2.86 bits per heavy atom. The molecule has 2 rings (SSSR count). The van der Waals surface area contributed by atoms with Crippen molar-refractivity contribution < 1.29 is 12.8 Å². The Morgan fingerprint density at radius 2 is 2.24 bits per heavy atom. The molecule has 6 heteroatoms. The number of nitrogens with one attached hydrogen (secondary N) is 2. The standard InChI is InChI=1S/C15H23FN2O2S/c1-11-5-6-14(8-15(11)16)12(2)18-21(19,20)10-13-4-3-7-17-9-13/h5-6,8,12-13,17-18H,3-4,7,9-10H2,1-2H3. The summed E-state index contributed by atoms with van der Waals surface area (Å²) in [5.74, 6) is -0.0354. The highest BCUT2D eigenvalue weighted by atomic mass is 32.2. The summed E-state index contributed by atoms with van der Waals surface area (Å²) in [4.78, 5) is 0. The number of sulfonamides is 1. The van der Waals surface area contributed by atoms with Gasteiger partial charge in [-0.3, -0.25) is 0 Å². The third-order valence-corrected chi connectivity index (χ3v) is 5.53. The zero-order chi connectivity index (χ0) is 15.5. The molecule has 1 aromatic rings. The van der Waals surface area contributed by atoms with Crippen molar-refractivity contribution in [2.45, 2.75) is 32.7 Å². The largest absolute Gasteiger partial charge is 0.316 e. The minimum absolute atomic E-state index is 0.124. The van der Waals surface area contributed by atoms with E-state index in [4.69, 9.17) is 0 Å². The van der Waals surface area contributed by atoms with Crippen LogP contribution in [0.25, 0.3) is 0 Å². The van der Waals surface area contributed by atoms with Gasteiger partial charge in [0.05, 0.1) is 5.75 Å². The number of piperidine rings is 1. The molecule has 4 nitrogen and oxygen atoms in total. The minimum Gasteiger partial charge on any atom is -0.316 e. The van der Waals surface area contributed by atoms with Crippen LogP contribution >= 0.6 is 0 Å². The Kier molecular flexibility index (Phi) is 5.35. The van der Waals surface area contributed by atoms with Gasteiger partial charge in [-0.2, -0.15) is 0 Å². The lowest BCUT2D eigenvalue weighted by Gasteiger charge is -2.23. The van der Waals surface area contributed by atoms with E-state index in [1.807, 2.05) is 0 Å². The fourth-order valence-corrected chi connectivity index (χ4v) is 4.32. The van der Waals surface area contributed by atoms with E-state index < -0.39 is 16.1 Å². The predicted molar refractivity (Wildman–Crippen MR) is 82.1 cm³/mol. The summed E-state index contributed by atoms with van der Waals surface area (Å²) in [7, 11) is -3.36. The number of hydrogen-bond acceptors (Lipinski definition) is 3. The average molecular weight is 314 g/mol. The maximum Gasteiger partial charge on any atom is 0.212 e. The summed E-state index contributed by atoms with van der Waals surface area (Å²) in [6.07, 6.45) is 1.94. The van der Waals surface area contributed by atoms with E-state index in [1.165, 1.54) is 6.07 Å². The van der Waals surface area contributed by atoms with Gasteiger partial charge in [0, 0.05) is 6.04 Å². The minimum atomic E-state index is -3.36. The summed E-state index contributed by atoms with van der Waals surface area (Å²) in [5, 5.41) is 3.21. The second-order valence-corrected chi connectivity index (χ2v) is 7.64. The van der Waals surface area contributed by atoms with Gasteiger partial charge in [0.15, 0.2) is 0 Å². The molecule has 1 fully saturated rings. The van der Waals surface area contributed by atoms with Gasteiger partial charge in [-0.25, -0.2) is 17.5 Å². The molecule has 0 spiro atoms. The average Bonchev–Trinajstić information content (AvgIpc) is 2.41. The summed E-state index contributed by atoms with van der Waals surface area (Å²) >= 11 is 0. The molecule has 1 aromatic carbocycles. The molecule has 1 aliphatic heterocycles. The molecule has 1 saturated heterocycles. The number of rotatable bonds is 5. The van der Waals surface area contributed by atoms with E-state index in [9.17, 15) is 12.8 Å². The Bertz CT molecular complexity index is 583. The molecule has 1 aliphatic rings. The Hall–Kier alpha value is -0.980. The third kappa shape index (κ3) is 4.76. The quantitative estimate of drug-likeness (QED) is 0.875. The van der Waals surface area contributed by atoms with Gasteiger partial charge in [0.25, 0.3) is 0 Å². The van der Waals surface area contributed by atoms with Crippen LogP contribution in [0, 0.1) is 18.7 Å². The first-order chi connectivity index (χ1) is 9.87. The first kappa shape index (κ1) is 16.4. The number of benzene rings is 1. The SMILES string of the molecule is Cc1ccc(C(C)NS(=O)(=O)CC2CCCNC2)cc1F. The second-order valence-electron chi connectivity index (χ2n) is 5.84. The van der Waals surface area contributed by atoms with Gasteiger partial charge in [-0.05, 0) is 62.9 Å². The van der Waals surface area contributed by atoms with Crippen LogP contribution in [0.5, 0.6) is 0 Å². The van der Waals surface area contributed by atoms with Gasteiger partial charge in [0.2, 0.25) is 10.0 Å². The van der Waals surface area contributed by atoms with Crippen LogP contribution in [0.15, 0.2) is 18.2 Å². The Labute approximate surface area is 126 Å². The summed E-state index contributed by atoms with van der Waals surface area (Å²) in [5.41, 5.74) is 1.20. The van der Waals surface area contributed by atoms with E-state index in [0.29, 0.717) is 11.1 Å². The van der Waals surface area contributed by atoms with Gasteiger partial charge >= 0.3 is 0 Å². The van der Waals surface area contributed by atoms with Crippen LogP contribution in [0.2, 0.25) is 0 Å². The van der Waals surface area contributed by atoms with Crippen LogP contribution < -0.4 is 10.0 Å². The molecule has 21 heavy (non-hydrogen) atoms. The molecule has 0 aliphatic carbocycles. The molecule has 2 unspecified atom stereocenters. The highest BCUT2D eigenvalue weighted by Gasteiger charge is 2.23. The van der Waals surface area contributed by atoms with E-state index in [2.05, 4.69) is 10.0 Å². The van der Waals surface area contributed by atoms with Crippen LogP contribution in [-0.4, -0.2) is 27.3 Å². The summed E-state index contributed by atoms with van der Waals surface area (Å²) in [6, 6.07) is 4.39. The Balaban J connectivity index is 1.99. The van der Waals surface area contributed by atoms with Crippen molar-refractivity contribution in [3.63, 3.8) is 0 Å². The maximum absolute atomic E-state index is 13.6. The van der Waals surface area contributed by atoms with Crippen molar-refractivity contribution in [2.75, 3.05) is 18.8 Å². The molecule has 0 saturated carbocycles. The lowest BCUT2D eigenvalue weighted by atomic mass is 10.0. The van der Waals surface area contributed by atoms with Crippen molar-refractivity contribution in [2.24, 2.45) is 5.92 Å². The molecule has 1 heterocycles. The fraction of sp³-hybridized carbons (Fsp3) is 0.600. The van der Waals surface area contributed by atoms with Crippen molar-refractivity contribution >= 4 is 10.0 Å². The van der Waals surface area contributed by atoms with Crippen molar-refractivity contribution in [3.05, 3.63) is 35.1 Å². The molecule has 2 N–H and O–H groups in total. The molecule has 0 radical (unpaired) electrons. The topological polar surface area (TPSA) is 58.2 Å². The smallest absolute Gasteiger partial charge is 0.212 e. The molecule has 0 amide bonds. The molecular weight excluding hydrogens is 291 g/mol. The van der Waals surface area contributed by atoms with Gasteiger partial charge in [0.1, 0.15) is 5.82 Å². The first-order valence-electron chi connectivity index (χ1n) is 7.34. The third-order valence-electron chi connectivity index (χ3n) is 3.91. The van der Waals surface area contributed by atoms with Crippen LogP contribution in [0.3, 0.4) is 0 Å². The van der Waals surface area contributed by atoms with Gasteiger partial charge in [-0.1, -0.05) is 12.1 Å². The van der Waals surface area contributed by atoms with Gasteiger partial charge in [-0.15, -0.1) is 0 Å². The molecule has 2 atom stereocenters. The maximum atomic E-state index is 13.6.